The third-order valence-corrected chi connectivity index (χ3v) is 5.02. The van der Waals surface area contributed by atoms with Crippen molar-refractivity contribution in [1.82, 2.24) is 25.1 Å². The lowest BCUT2D eigenvalue weighted by molar-refractivity contribution is -0.121. The molecule has 1 N–H and O–H groups in total. The Balaban J connectivity index is 1.31. The van der Waals surface area contributed by atoms with E-state index in [-0.39, 0.29) is 18.6 Å². The number of nitrogens with one attached hydrogen (secondary N) is 1. The third kappa shape index (κ3) is 3.34. The van der Waals surface area contributed by atoms with Gasteiger partial charge in [-0.15, -0.1) is 10.2 Å². The number of hydrogen-bond acceptors (Lipinski definition) is 7. The summed E-state index contributed by atoms with van der Waals surface area (Å²) in [4.78, 5) is 12.9. The maximum absolute atomic E-state index is 12.1. The highest BCUT2D eigenvalue weighted by molar-refractivity contribution is 7.16. The molecule has 0 saturated heterocycles. The van der Waals surface area contributed by atoms with E-state index < -0.39 is 0 Å². The number of rotatable bonds is 6. The lowest BCUT2D eigenvalue weighted by atomic mass is 10.2. The highest BCUT2D eigenvalue weighted by atomic mass is 32.1. The minimum atomic E-state index is -0.0160. The quantitative estimate of drug-likeness (QED) is 0.713. The third-order valence-electron chi connectivity index (χ3n) is 4.07. The van der Waals surface area contributed by atoms with Crippen LogP contribution in [0.2, 0.25) is 0 Å². The molecular formula is C17H19N5O3S. The van der Waals surface area contributed by atoms with E-state index in [1.807, 2.05) is 18.2 Å². The SMILES string of the molecule is CC(C)c1nnc2sc(CCC(=O)NCc3ccc4c(c3)OCO4)nn12. The van der Waals surface area contributed by atoms with Crippen molar-refractivity contribution in [1.29, 1.82) is 0 Å². The average Bonchev–Trinajstić information content (AvgIpc) is 3.32. The zero-order valence-electron chi connectivity index (χ0n) is 14.6. The van der Waals surface area contributed by atoms with Crippen LogP contribution in [0.15, 0.2) is 18.2 Å². The number of carbonyl (C=O) groups excluding carboxylic acids is 1. The molecule has 0 spiro atoms. The standard InChI is InChI=1S/C17H19N5O3S/c1-10(2)16-19-20-17-22(16)21-15(26-17)6-5-14(23)18-8-11-3-4-12-13(7-11)25-9-24-12/h3-4,7,10H,5-6,8-9H2,1-2H3,(H,18,23). The Kier molecular flexibility index (Phi) is 4.46. The van der Waals surface area contributed by atoms with E-state index in [1.54, 1.807) is 4.52 Å². The van der Waals surface area contributed by atoms with Crippen LogP contribution in [-0.2, 0) is 17.8 Å². The summed E-state index contributed by atoms with van der Waals surface area (Å²) in [6.45, 7) is 4.81. The summed E-state index contributed by atoms with van der Waals surface area (Å²) in [6, 6.07) is 5.67. The van der Waals surface area contributed by atoms with Crippen molar-refractivity contribution in [3.05, 3.63) is 34.6 Å². The maximum Gasteiger partial charge on any atom is 0.234 e. The fourth-order valence-electron chi connectivity index (χ4n) is 2.69. The summed E-state index contributed by atoms with van der Waals surface area (Å²) in [6.07, 6.45) is 0.962. The molecule has 136 valence electrons. The first-order valence-electron chi connectivity index (χ1n) is 8.46. The zero-order valence-corrected chi connectivity index (χ0v) is 15.4. The number of ether oxygens (including phenoxy) is 2. The number of hydrogen-bond donors (Lipinski definition) is 1. The van der Waals surface area contributed by atoms with E-state index in [0.717, 1.165) is 32.9 Å². The Labute approximate surface area is 154 Å². The second-order valence-corrected chi connectivity index (χ2v) is 7.41. The Morgan fingerprint density at radius 2 is 2.15 bits per heavy atom. The van der Waals surface area contributed by atoms with Crippen LogP contribution < -0.4 is 14.8 Å². The van der Waals surface area contributed by atoms with Gasteiger partial charge in [0.05, 0.1) is 0 Å². The van der Waals surface area contributed by atoms with Crippen LogP contribution in [0.5, 0.6) is 11.5 Å². The molecule has 1 aliphatic rings. The summed E-state index contributed by atoms with van der Waals surface area (Å²) < 4.78 is 12.4. The minimum absolute atomic E-state index is 0.0160. The second kappa shape index (κ2) is 6.91. The predicted molar refractivity (Wildman–Crippen MR) is 95.5 cm³/mol. The highest BCUT2D eigenvalue weighted by Crippen LogP contribution is 2.32. The molecule has 0 atom stereocenters. The van der Waals surface area contributed by atoms with Crippen LogP contribution in [0.4, 0.5) is 0 Å². The van der Waals surface area contributed by atoms with Crippen molar-refractivity contribution < 1.29 is 14.3 Å². The second-order valence-electron chi connectivity index (χ2n) is 6.37. The summed E-state index contributed by atoms with van der Waals surface area (Å²) in [5, 5.41) is 16.6. The molecule has 2 aromatic heterocycles. The molecule has 0 fully saturated rings. The number of aryl methyl sites for hydroxylation is 1. The molecule has 8 nitrogen and oxygen atoms in total. The molecule has 1 aromatic carbocycles. The van der Waals surface area contributed by atoms with Gasteiger partial charge in [0.2, 0.25) is 17.7 Å². The van der Waals surface area contributed by atoms with E-state index in [4.69, 9.17) is 9.47 Å². The van der Waals surface area contributed by atoms with E-state index in [1.165, 1.54) is 11.3 Å². The van der Waals surface area contributed by atoms with Crippen LogP contribution in [-0.4, -0.2) is 32.5 Å². The van der Waals surface area contributed by atoms with Gasteiger partial charge in [-0.1, -0.05) is 31.3 Å². The average molecular weight is 373 g/mol. The summed E-state index contributed by atoms with van der Waals surface area (Å²) in [7, 11) is 0. The molecule has 1 aliphatic heterocycles. The van der Waals surface area contributed by atoms with Crippen LogP contribution >= 0.6 is 11.3 Å². The van der Waals surface area contributed by atoms with E-state index in [2.05, 4.69) is 34.5 Å². The number of fused-ring (bicyclic) bond motifs is 2. The van der Waals surface area contributed by atoms with E-state index in [0.29, 0.717) is 19.4 Å². The monoisotopic (exact) mass is 373 g/mol. The van der Waals surface area contributed by atoms with Gasteiger partial charge < -0.3 is 14.8 Å². The molecule has 3 heterocycles. The number of benzene rings is 1. The van der Waals surface area contributed by atoms with Crippen molar-refractivity contribution in [2.24, 2.45) is 0 Å². The van der Waals surface area contributed by atoms with Gasteiger partial charge in [0.1, 0.15) is 5.01 Å². The van der Waals surface area contributed by atoms with Crippen LogP contribution in [0, 0.1) is 0 Å². The van der Waals surface area contributed by atoms with Crippen molar-refractivity contribution in [3.63, 3.8) is 0 Å². The summed E-state index contributed by atoms with van der Waals surface area (Å²) in [5.74, 6) is 2.54. The van der Waals surface area contributed by atoms with Crippen molar-refractivity contribution >= 4 is 22.2 Å². The Hall–Kier alpha value is -2.68. The normalized spacial score (nSPS) is 12.9. The lowest BCUT2D eigenvalue weighted by Crippen LogP contribution is -2.23. The molecular weight excluding hydrogens is 354 g/mol. The maximum atomic E-state index is 12.1. The van der Waals surface area contributed by atoms with Gasteiger partial charge in [0.25, 0.3) is 0 Å². The topological polar surface area (TPSA) is 90.6 Å². The largest absolute Gasteiger partial charge is 0.454 e. The smallest absolute Gasteiger partial charge is 0.234 e. The number of nitrogens with zero attached hydrogens (tertiary/aromatic N) is 4. The molecule has 26 heavy (non-hydrogen) atoms. The molecule has 9 heteroatoms. The van der Waals surface area contributed by atoms with Gasteiger partial charge in [-0.2, -0.15) is 9.61 Å². The van der Waals surface area contributed by atoms with E-state index in [9.17, 15) is 4.79 Å². The molecule has 0 unspecified atom stereocenters. The van der Waals surface area contributed by atoms with Gasteiger partial charge in [0, 0.05) is 25.3 Å². The predicted octanol–water partition coefficient (Wildman–Crippen LogP) is 2.29. The molecule has 0 radical (unpaired) electrons. The number of amides is 1. The first-order chi connectivity index (χ1) is 12.6. The first kappa shape index (κ1) is 16.8. The van der Waals surface area contributed by atoms with Crippen LogP contribution in [0.1, 0.15) is 42.6 Å². The summed E-state index contributed by atoms with van der Waals surface area (Å²) in [5.41, 5.74) is 0.975. The Bertz CT molecular complexity index is 949. The van der Waals surface area contributed by atoms with Crippen LogP contribution in [0.3, 0.4) is 0 Å². The van der Waals surface area contributed by atoms with Gasteiger partial charge in [0.15, 0.2) is 17.3 Å². The van der Waals surface area contributed by atoms with Gasteiger partial charge in [-0.25, -0.2) is 0 Å². The minimum Gasteiger partial charge on any atom is -0.454 e. The highest BCUT2D eigenvalue weighted by Gasteiger charge is 2.16. The first-order valence-corrected chi connectivity index (χ1v) is 9.28. The zero-order chi connectivity index (χ0) is 18.1. The molecule has 0 saturated carbocycles. The van der Waals surface area contributed by atoms with Crippen molar-refractivity contribution in [2.45, 2.75) is 39.2 Å². The van der Waals surface area contributed by atoms with E-state index >= 15 is 0 Å². The molecule has 0 aliphatic carbocycles. The fraction of sp³-hybridized carbons (Fsp3) is 0.412. The number of aromatic nitrogens is 4. The van der Waals surface area contributed by atoms with Gasteiger partial charge in [-0.3, -0.25) is 4.79 Å². The molecule has 0 bridgehead atoms. The van der Waals surface area contributed by atoms with Crippen molar-refractivity contribution in [3.8, 4) is 11.5 Å². The molecule has 3 aromatic rings. The van der Waals surface area contributed by atoms with Crippen LogP contribution in [0.25, 0.3) is 4.96 Å². The molecule has 1 amide bonds. The number of carbonyl (C=O) groups is 1. The van der Waals surface area contributed by atoms with Gasteiger partial charge in [-0.05, 0) is 17.7 Å². The Morgan fingerprint density at radius 1 is 1.31 bits per heavy atom. The molecule has 4 rings (SSSR count). The van der Waals surface area contributed by atoms with Crippen molar-refractivity contribution in [2.75, 3.05) is 6.79 Å². The van der Waals surface area contributed by atoms with Gasteiger partial charge >= 0.3 is 0 Å². The lowest BCUT2D eigenvalue weighted by Gasteiger charge is -2.05. The summed E-state index contributed by atoms with van der Waals surface area (Å²) >= 11 is 1.47. The fourth-order valence-corrected chi connectivity index (χ4v) is 3.53. The Morgan fingerprint density at radius 3 is 3.00 bits per heavy atom.